The number of pyridine rings is 2. The molecule has 3 aromatic rings. The molecular weight excluding hydrogens is 428 g/mol. The number of hydrogen-bond donors (Lipinski definition) is 1. The molecule has 2 aliphatic rings. The Hall–Kier alpha value is -3.72. The Morgan fingerprint density at radius 1 is 1.30 bits per heavy atom. The minimum atomic E-state index is -1.92. The van der Waals surface area contributed by atoms with Gasteiger partial charge in [0.05, 0.1) is 36.1 Å². The van der Waals surface area contributed by atoms with Gasteiger partial charge in [-0.25, -0.2) is 9.78 Å². The van der Waals surface area contributed by atoms with Crippen molar-refractivity contribution in [2.75, 3.05) is 7.11 Å². The molecule has 170 valence electrons. The fourth-order valence-electron chi connectivity index (χ4n) is 4.65. The number of rotatable bonds is 3. The van der Waals surface area contributed by atoms with Crippen LogP contribution in [0.3, 0.4) is 0 Å². The second-order valence-electron chi connectivity index (χ2n) is 8.24. The molecule has 33 heavy (non-hydrogen) atoms. The van der Waals surface area contributed by atoms with E-state index in [1.807, 2.05) is 24.3 Å². The molecule has 0 aliphatic carbocycles. The summed E-state index contributed by atoms with van der Waals surface area (Å²) >= 11 is 0. The zero-order valence-corrected chi connectivity index (χ0v) is 18.4. The molecule has 0 spiro atoms. The molecule has 9 heteroatoms. The second kappa shape index (κ2) is 7.41. The first-order valence-corrected chi connectivity index (χ1v) is 10.6. The smallest absolute Gasteiger partial charge is 0.351 e. The highest BCUT2D eigenvalue weighted by molar-refractivity contribution is 5.85. The summed E-state index contributed by atoms with van der Waals surface area (Å²) in [5.74, 6) is -0.928. The molecule has 0 fully saturated rings. The van der Waals surface area contributed by atoms with E-state index in [1.165, 1.54) is 0 Å². The lowest BCUT2D eigenvalue weighted by atomic mass is 9.83. The minimum absolute atomic E-state index is 0.0216. The first kappa shape index (κ1) is 21.1. The fraction of sp³-hybridized carbons (Fsp3) is 0.333. The third-order valence-electron chi connectivity index (χ3n) is 6.37. The normalized spacial score (nSPS) is 21.0. The number of fused-ring (bicyclic) bond motifs is 5. The number of aromatic nitrogens is 2. The van der Waals surface area contributed by atoms with Crippen LogP contribution in [0.1, 0.15) is 37.0 Å². The van der Waals surface area contributed by atoms with Gasteiger partial charge in [-0.3, -0.25) is 9.59 Å². The van der Waals surface area contributed by atoms with Crippen LogP contribution in [0.25, 0.3) is 22.3 Å². The highest BCUT2D eigenvalue weighted by Gasteiger charge is 2.50. The van der Waals surface area contributed by atoms with Crippen molar-refractivity contribution in [3.05, 3.63) is 57.4 Å². The van der Waals surface area contributed by atoms with E-state index in [1.54, 1.807) is 24.7 Å². The van der Waals surface area contributed by atoms with E-state index < -0.39 is 23.6 Å². The highest BCUT2D eigenvalue weighted by Crippen LogP contribution is 2.40. The Morgan fingerprint density at radius 2 is 2.09 bits per heavy atom. The van der Waals surface area contributed by atoms with E-state index >= 15 is 0 Å². The average Bonchev–Trinajstić information content (AvgIpc) is 3.12. The maximum Gasteiger partial charge on any atom is 0.351 e. The molecule has 9 nitrogen and oxygen atoms in total. The van der Waals surface area contributed by atoms with Gasteiger partial charge < -0.3 is 23.9 Å². The molecular formula is C24H22N2O7. The number of nitrogens with zero attached hydrogens (tertiary/aromatic N) is 2. The van der Waals surface area contributed by atoms with Crippen molar-refractivity contribution in [2.24, 2.45) is 0 Å². The van der Waals surface area contributed by atoms with Crippen molar-refractivity contribution >= 4 is 22.8 Å². The van der Waals surface area contributed by atoms with Crippen molar-refractivity contribution < 1.29 is 28.9 Å². The van der Waals surface area contributed by atoms with E-state index in [-0.39, 0.29) is 29.7 Å². The van der Waals surface area contributed by atoms with Crippen LogP contribution in [0, 0.1) is 0 Å². The van der Waals surface area contributed by atoms with E-state index in [4.69, 9.17) is 19.2 Å². The van der Waals surface area contributed by atoms with Crippen LogP contribution >= 0.6 is 0 Å². The van der Waals surface area contributed by atoms with E-state index in [2.05, 4.69) is 0 Å². The van der Waals surface area contributed by atoms with Gasteiger partial charge in [-0.2, -0.15) is 0 Å². The molecule has 5 rings (SSSR count). The summed E-state index contributed by atoms with van der Waals surface area (Å²) in [5.41, 5.74) is 0.782. The summed E-state index contributed by atoms with van der Waals surface area (Å²) in [5, 5.41) is 12.4. The highest BCUT2D eigenvalue weighted by atomic mass is 16.6. The molecule has 2 aliphatic heterocycles. The monoisotopic (exact) mass is 450 g/mol. The van der Waals surface area contributed by atoms with Crippen LogP contribution in [-0.2, 0) is 37.8 Å². The quantitative estimate of drug-likeness (QED) is 0.471. The summed E-state index contributed by atoms with van der Waals surface area (Å²) in [6.45, 7) is 2.77. The molecule has 1 N–H and O–H groups in total. The van der Waals surface area contributed by atoms with Gasteiger partial charge in [0.15, 0.2) is 0 Å². The number of carbonyl (C=O) groups is 2. The largest absolute Gasteiger partial charge is 0.497 e. The molecule has 2 aromatic heterocycles. The number of benzene rings is 1. The molecule has 0 saturated carbocycles. The van der Waals surface area contributed by atoms with E-state index in [9.17, 15) is 19.5 Å². The Labute approximate surface area is 188 Å². The summed E-state index contributed by atoms with van der Waals surface area (Å²) in [6.07, 6.45) is -1.56. The molecule has 1 aromatic carbocycles. The number of carbonyl (C=O) groups excluding carboxylic acids is 2. The van der Waals surface area contributed by atoms with E-state index in [0.717, 1.165) is 23.4 Å². The maximum atomic E-state index is 13.5. The maximum absolute atomic E-state index is 13.5. The third kappa shape index (κ3) is 3.11. The van der Waals surface area contributed by atoms with Crippen LogP contribution in [0.15, 0.2) is 35.1 Å². The summed E-state index contributed by atoms with van der Waals surface area (Å²) in [6, 6.07) is 9.15. The lowest BCUT2D eigenvalue weighted by Gasteiger charge is -2.32. The van der Waals surface area contributed by atoms with Crippen molar-refractivity contribution in [3.8, 4) is 17.1 Å². The first-order chi connectivity index (χ1) is 15.8. The van der Waals surface area contributed by atoms with Gasteiger partial charge in [0.2, 0.25) is 6.10 Å². The van der Waals surface area contributed by atoms with Gasteiger partial charge in [-0.1, -0.05) is 6.92 Å². The van der Waals surface area contributed by atoms with Gasteiger partial charge in [-0.15, -0.1) is 0 Å². The van der Waals surface area contributed by atoms with Gasteiger partial charge in [0.25, 0.3) is 5.56 Å². The Balaban J connectivity index is 1.73. The minimum Gasteiger partial charge on any atom is -0.497 e. The lowest BCUT2D eigenvalue weighted by molar-refractivity contribution is -0.186. The molecule has 0 radical (unpaired) electrons. The van der Waals surface area contributed by atoms with E-state index in [0.29, 0.717) is 23.7 Å². The first-order valence-electron chi connectivity index (χ1n) is 10.6. The van der Waals surface area contributed by atoms with Crippen LogP contribution < -0.4 is 10.3 Å². The molecule has 0 amide bonds. The van der Waals surface area contributed by atoms with Crippen LogP contribution in [0.5, 0.6) is 5.75 Å². The average molecular weight is 450 g/mol. The van der Waals surface area contributed by atoms with Crippen molar-refractivity contribution in [2.45, 2.75) is 45.1 Å². The summed E-state index contributed by atoms with van der Waals surface area (Å²) in [7, 11) is 1.59. The zero-order valence-electron chi connectivity index (χ0n) is 18.4. The van der Waals surface area contributed by atoms with Gasteiger partial charge in [0, 0.05) is 23.4 Å². The molecule has 4 heterocycles. The number of esters is 2. The van der Waals surface area contributed by atoms with Crippen LogP contribution in [0.4, 0.5) is 0 Å². The Morgan fingerprint density at radius 3 is 2.79 bits per heavy atom. The number of ether oxygens (including phenoxy) is 3. The second-order valence-corrected chi connectivity index (χ2v) is 8.24. The van der Waals surface area contributed by atoms with Crippen molar-refractivity contribution in [1.82, 2.24) is 9.55 Å². The molecule has 0 saturated heterocycles. The topological polar surface area (TPSA) is 117 Å². The predicted molar refractivity (Wildman–Crippen MR) is 117 cm³/mol. The van der Waals surface area contributed by atoms with Crippen molar-refractivity contribution in [1.29, 1.82) is 0 Å². The Kier molecular flexibility index (Phi) is 4.75. The van der Waals surface area contributed by atoms with Gasteiger partial charge in [-0.05, 0) is 36.8 Å². The number of methoxy groups -OCH3 is 1. The van der Waals surface area contributed by atoms with Crippen LogP contribution in [-0.4, -0.2) is 39.8 Å². The predicted octanol–water partition coefficient (Wildman–Crippen LogP) is 2.02. The molecule has 2 unspecified atom stereocenters. The third-order valence-corrected chi connectivity index (χ3v) is 6.37. The van der Waals surface area contributed by atoms with Crippen LogP contribution in [0.2, 0.25) is 0 Å². The standard InChI is InChI=1S/C24H22N2O7/c1-4-24(30)17-9-19-20-14(7-13-8-15(31-3)5-6-18(13)25-20)10-26(19)22(28)16(17)11-32-23(29)21(24)33-12(2)27/h5-9,21,30H,4,10-11H2,1-3H3. The lowest BCUT2D eigenvalue weighted by Crippen LogP contribution is -2.47. The SMILES string of the molecule is CCC1(O)c2cc3n(c(=O)c2COC(=O)C1OC(C)=O)Cc1cc2cc(OC)ccc2nc1-3. The summed E-state index contributed by atoms with van der Waals surface area (Å²) in [4.78, 5) is 42.4. The number of hydrogen-bond acceptors (Lipinski definition) is 8. The zero-order chi connectivity index (χ0) is 23.5. The van der Waals surface area contributed by atoms with Crippen molar-refractivity contribution in [3.63, 3.8) is 0 Å². The molecule has 0 bridgehead atoms. The summed E-state index contributed by atoms with van der Waals surface area (Å²) < 4.78 is 17.2. The Bertz CT molecular complexity index is 1390. The fourth-order valence-corrected chi connectivity index (χ4v) is 4.65. The number of aliphatic hydroxyl groups is 1. The number of cyclic esters (lactones) is 1. The van der Waals surface area contributed by atoms with Gasteiger partial charge in [0.1, 0.15) is 18.0 Å². The molecule has 2 atom stereocenters. The van der Waals surface area contributed by atoms with Gasteiger partial charge >= 0.3 is 11.9 Å².